The molecule has 1 aromatic heterocycles. The highest BCUT2D eigenvalue weighted by Crippen LogP contribution is 2.18. The number of ether oxygens (including phenoxy) is 1. The van der Waals surface area contributed by atoms with Crippen LogP contribution in [0.2, 0.25) is 0 Å². The highest BCUT2D eigenvalue weighted by molar-refractivity contribution is 6.02. The van der Waals surface area contributed by atoms with Crippen molar-refractivity contribution in [2.75, 3.05) is 7.11 Å². The Morgan fingerprint density at radius 3 is 2.19 bits per heavy atom. The third-order valence-electron chi connectivity index (χ3n) is 2.24. The predicted octanol–water partition coefficient (Wildman–Crippen LogP) is 0.178. The molecule has 0 radical (unpaired) electrons. The smallest absolute Gasteiger partial charge is 0.348 e. The fourth-order valence-corrected chi connectivity index (χ4v) is 1.28. The van der Waals surface area contributed by atoms with Crippen molar-refractivity contribution in [2.24, 2.45) is 0 Å². The van der Waals surface area contributed by atoms with Crippen molar-refractivity contribution in [3.8, 4) is 0 Å². The quantitative estimate of drug-likeness (QED) is 0.694. The average molecular weight is 225 g/mol. The maximum absolute atomic E-state index is 11.0. The van der Waals surface area contributed by atoms with Gasteiger partial charge in [0, 0.05) is 25.9 Å². The van der Waals surface area contributed by atoms with E-state index in [1.807, 2.05) is 0 Å². The van der Waals surface area contributed by atoms with Gasteiger partial charge in [-0.3, -0.25) is 4.98 Å². The van der Waals surface area contributed by atoms with Gasteiger partial charge >= 0.3 is 11.9 Å². The number of carboxylic acid groups (broad SMARTS) is 2. The fraction of sp³-hybridized carbons (Fsp3) is 0.300. The monoisotopic (exact) mass is 225 g/mol. The summed E-state index contributed by atoms with van der Waals surface area (Å²) >= 11 is 0. The molecule has 0 unspecified atom stereocenters. The van der Waals surface area contributed by atoms with Crippen LogP contribution in [-0.4, -0.2) is 39.8 Å². The van der Waals surface area contributed by atoms with E-state index in [2.05, 4.69) is 9.72 Å². The Morgan fingerprint density at radius 1 is 1.31 bits per heavy atom. The predicted molar refractivity (Wildman–Crippen MR) is 53.0 cm³/mol. The molecule has 0 aliphatic carbocycles. The molecule has 0 aromatic carbocycles. The van der Waals surface area contributed by atoms with Crippen LogP contribution in [0.1, 0.15) is 5.56 Å². The summed E-state index contributed by atoms with van der Waals surface area (Å²) in [6.45, 7) is 0. The van der Waals surface area contributed by atoms with Gasteiger partial charge < -0.3 is 14.9 Å². The zero-order valence-corrected chi connectivity index (χ0v) is 8.58. The lowest BCUT2D eigenvalue weighted by Crippen LogP contribution is -2.50. The molecule has 0 spiro atoms. The lowest BCUT2D eigenvalue weighted by Gasteiger charge is -2.22. The van der Waals surface area contributed by atoms with Gasteiger partial charge in [-0.15, -0.1) is 0 Å². The Morgan fingerprint density at radius 2 is 1.81 bits per heavy atom. The zero-order valence-electron chi connectivity index (χ0n) is 8.58. The number of pyridine rings is 1. The first-order valence-electron chi connectivity index (χ1n) is 4.44. The summed E-state index contributed by atoms with van der Waals surface area (Å²) in [6.07, 6.45) is 2.66. The van der Waals surface area contributed by atoms with E-state index >= 15 is 0 Å². The third kappa shape index (κ3) is 2.17. The summed E-state index contributed by atoms with van der Waals surface area (Å²) in [6, 6.07) is 3.08. The number of hydrogen-bond acceptors (Lipinski definition) is 4. The molecule has 0 fully saturated rings. The van der Waals surface area contributed by atoms with Crippen LogP contribution in [-0.2, 0) is 20.7 Å². The largest absolute Gasteiger partial charge is 0.479 e. The lowest BCUT2D eigenvalue weighted by atomic mass is 9.95. The Balaban J connectivity index is 3.04. The van der Waals surface area contributed by atoms with Crippen LogP contribution in [0.5, 0.6) is 0 Å². The van der Waals surface area contributed by atoms with Crippen LogP contribution < -0.4 is 0 Å². The summed E-state index contributed by atoms with van der Waals surface area (Å²) in [4.78, 5) is 25.7. The summed E-state index contributed by atoms with van der Waals surface area (Å²) in [5.74, 6) is -3.06. The van der Waals surface area contributed by atoms with E-state index in [9.17, 15) is 9.59 Å². The molecule has 1 rings (SSSR count). The zero-order chi connectivity index (χ0) is 12.2. The molecule has 1 aromatic rings. The SMILES string of the molecule is COC(Cc1ccncc1)(C(=O)O)C(=O)O. The number of aliphatic carboxylic acids is 2. The minimum Gasteiger partial charge on any atom is -0.479 e. The first-order valence-corrected chi connectivity index (χ1v) is 4.44. The molecule has 86 valence electrons. The number of methoxy groups -OCH3 is 1. The van der Waals surface area contributed by atoms with E-state index in [0.29, 0.717) is 5.56 Å². The standard InChI is InChI=1S/C10H11NO5/c1-16-10(8(12)13,9(14)15)6-7-2-4-11-5-3-7/h2-5H,6H2,1H3,(H,12,13)(H,14,15). The summed E-state index contributed by atoms with van der Waals surface area (Å²) in [5.41, 5.74) is -1.72. The summed E-state index contributed by atoms with van der Waals surface area (Å²) in [5, 5.41) is 17.9. The second-order valence-corrected chi connectivity index (χ2v) is 3.17. The van der Waals surface area contributed by atoms with E-state index in [1.165, 1.54) is 12.4 Å². The summed E-state index contributed by atoms with van der Waals surface area (Å²) in [7, 11) is 1.06. The number of carboxylic acids is 2. The van der Waals surface area contributed by atoms with E-state index < -0.39 is 17.5 Å². The van der Waals surface area contributed by atoms with Crippen LogP contribution in [0.3, 0.4) is 0 Å². The van der Waals surface area contributed by atoms with Gasteiger partial charge in [-0.1, -0.05) is 0 Å². The number of aromatic nitrogens is 1. The molecule has 0 atom stereocenters. The Hall–Kier alpha value is -1.95. The van der Waals surface area contributed by atoms with E-state index in [-0.39, 0.29) is 6.42 Å². The second kappa shape index (κ2) is 4.71. The molecule has 6 nitrogen and oxygen atoms in total. The maximum Gasteiger partial charge on any atom is 0.348 e. The molecule has 0 aliphatic rings. The minimum atomic E-state index is -2.25. The van der Waals surface area contributed by atoms with E-state index in [0.717, 1.165) is 7.11 Å². The average Bonchev–Trinajstić information content (AvgIpc) is 2.26. The van der Waals surface area contributed by atoms with Gasteiger partial charge in [0.05, 0.1) is 0 Å². The van der Waals surface area contributed by atoms with Crippen molar-refractivity contribution in [1.82, 2.24) is 4.98 Å². The van der Waals surface area contributed by atoms with Crippen LogP contribution >= 0.6 is 0 Å². The molecule has 0 aliphatic heterocycles. The van der Waals surface area contributed by atoms with Gasteiger partial charge in [-0.2, -0.15) is 0 Å². The van der Waals surface area contributed by atoms with Crippen molar-refractivity contribution < 1.29 is 24.5 Å². The molecular weight excluding hydrogens is 214 g/mol. The van der Waals surface area contributed by atoms with Crippen molar-refractivity contribution in [1.29, 1.82) is 0 Å². The molecule has 0 bridgehead atoms. The first-order chi connectivity index (χ1) is 7.53. The molecule has 0 saturated heterocycles. The highest BCUT2D eigenvalue weighted by atomic mass is 16.5. The van der Waals surface area contributed by atoms with E-state index in [1.54, 1.807) is 12.1 Å². The Labute approximate surface area is 91.5 Å². The van der Waals surface area contributed by atoms with Crippen LogP contribution in [0.15, 0.2) is 24.5 Å². The summed E-state index contributed by atoms with van der Waals surface area (Å²) < 4.78 is 4.65. The number of rotatable bonds is 5. The van der Waals surface area contributed by atoms with Gasteiger partial charge in [-0.25, -0.2) is 9.59 Å². The Kier molecular flexibility index (Phi) is 3.57. The number of carbonyl (C=O) groups is 2. The highest BCUT2D eigenvalue weighted by Gasteiger charge is 2.47. The van der Waals surface area contributed by atoms with Crippen molar-refractivity contribution in [3.63, 3.8) is 0 Å². The molecule has 0 saturated carbocycles. The van der Waals surface area contributed by atoms with Gasteiger partial charge in [0.2, 0.25) is 0 Å². The molecule has 0 amide bonds. The van der Waals surface area contributed by atoms with Gasteiger partial charge in [0.1, 0.15) is 0 Å². The van der Waals surface area contributed by atoms with Gasteiger partial charge in [0.15, 0.2) is 0 Å². The van der Waals surface area contributed by atoms with Crippen molar-refractivity contribution >= 4 is 11.9 Å². The van der Waals surface area contributed by atoms with E-state index in [4.69, 9.17) is 10.2 Å². The normalized spacial score (nSPS) is 11.1. The molecule has 16 heavy (non-hydrogen) atoms. The van der Waals surface area contributed by atoms with Gasteiger partial charge in [0.25, 0.3) is 5.60 Å². The van der Waals surface area contributed by atoms with Crippen LogP contribution in [0, 0.1) is 0 Å². The van der Waals surface area contributed by atoms with Gasteiger partial charge in [-0.05, 0) is 17.7 Å². The molecular formula is C10H11NO5. The molecule has 2 N–H and O–H groups in total. The molecule has 1 heterocycles. The third-order valence-corrected chi connectivity index (χ3v) is 2.24. The minimum absolute atomic E-state index is 0.253. The van der Waals surface area contributed by atoms with Crippen molar-refractivity contribution in [3.05, 3.63) is 30.1 Å². The number of hydrogen-bond donors (Lipinski definition) is 2. The van der Waals surface area contributed by atoms with Crippen LogP contribution in [0.25, 0.3) is 0 Å². The number of nitrogens with zero attached hydrogens (tertiary/aromatic N) is 1. The second-order valence-electron chi connectivity index (χ2n) is 3.17. The Bertz CT molecular complexity index is 375. The van der Waals surface area contributed by atoms with Crippen molar-refractivity contribution in [2.45, 2.75) is 12.0 Å². The topological polar surface area (TPSA) is 96.7 Å². The fourth-order valence-electron chi connectivity index (χ4n) is 1.28. The maximum atomic E-state index is 11.0. The lowest BCUT2D eigenvalue weighted by molar-refractivity contribution is -0.179. The first kappa shape index (κ1) is 12.1. The van der Waals surface area contributed by atoms with Crippen LogP contribution in [0.4, 0.5) is 0 Å². The molecule has 6 heteroatoms.